The molecule has 106 valence electrons. The summed E-state index contributed by atoms with van der Waals surface area (Å²) in [6.07, 6.45) is 1.12. The smallest absolute Gasteiger partial charge is 0.225 e. The van der Waals surface area contributed by atoms with Gasteiger partial charge in [-0.3, -0.25) is 0 Å². The predicted octanol–water partition coefficient (Wildman–Crippen LogP) is -1.19. The fraction of sp³-hybridized carbons (Fsp3) is 0.400. The molecule has 0 saturated carbocycles. The van der Waals surface area contributed by atoms with Crippen molar-refractivity contribution in [3.63, 3.8) is 0 Å². The summed E-state index contributed by atoms with van der Waals surface area (Å²) in [6, 6.07) is 0. The zero-order chi connectivity index (χ0) is 14.7. The van der Waals surface area contributed by atoms with E-state index in [0.29, 0.717) is 24.5 Å². The van der Waals surface area contributed by atoms with Crippen LogP contribution in [-0.4, -0.2) is 29.9 Å². The zero-order valence-corrected chi connectivity index (χ0v) is 11.0. The molecule has 10 nitrogen and oxygen atoms in total. The Hall–Kier alpha value is -2.78. The van der Waals surface area contributed by atoms with Crippen molar-refractivity contribution in [2.24, 2.45) is 5.92 Å². The number of nitrogens with two attached hydrogens (primary N) is 4. The Balaban J connectivity index is 2.06. The highest BCUT2D eigenvalue weighted by atomic mass is 15.1. The number of aromatic nitrogens is 6. The second-order valence-electron chi connectivity index (χ2n) is 4.45. The van der Waals surface area contributed by atoms with Gasteiger partial charge in [0, 0.05) is 12.8 Å². The van der Waals surface area contributed by atoms with Crippen molar-refractivity contribution in [1.82, 2.24) is 29.9 Å². The van der Waals surface area contributed by atoms with Gasteiger partial charge in [0.2, 0.25) is 23.8 Å². The summed E-state index contributed by atoms with van der Waals surface area (Å²) >= 11 is 0. The van der Waals surface area contributed by atoms with Gasteiger partial charge in [0.15, 0.2) is 0 Å². The van der Waals surface area contributed by atoms with Crippen molar-refractivity contribution in [2.75, 3.05) is 22.9 Å². The molecular formula is C10H16N10. The van der Waals surface area contributed by atoms with Crippen LogP contribution < -0.4 is 22.9 Å². The van der Waals surface area contributed by atoms with Gasteiger partial charge in [-0.15, -0.1) is 0 Å². The molecule has 0 saturated heterocycles. The quantitative estimate of drug-likeness (QED) is 0.529. The van der Waals surface area contributed by atoms with Crippen LogP contribution in [0.1, 0.15) is 18.6 Å². The normalized spacial score (nSPS) is 10.9. The van der Waals surface area contributed by atoms with Crippen molar-refractivity contribution in [3.8, 4) is 0 Å². The van der Waals surface area contributed by atoms with Crippen LogP contribution in [0.25, 0.3) is 0 Å². The number of hydrogen-bond acceptors (Lipinski definition) is 10. The molecule has 0 aliphatic heterocycles. The average Bonchev–Trinajstić information content (AvgIpc) is 2.24. The van der Waals surface area contributed by atoms with Crippen molar-refractivity contribution in [3.05, 3.63) is 11.6 Å². The Morgan fingerprint density at radius 3 is 1.25 bits per heavy atom. The summed E-state index contributed by atoms with van der Waals surface area (Å²) in [5.74, 6) is 1.62. The molecule has 2 rings (SSSR count). The third-order valence-electron chi connectivity index (χ3n) is 2.49. The van der Waals surface area contributed by atoms with E-state index in [2.05, 4.69) is 29.9 Å². The largest absolute Gasteiger partial charge is 0.368 e. The summed E-state index contributed by atoms with van der Waals surface area (Å²) in [5.41, 5.74) is 22.1. The van der Waals surface area contributed by atoms with Crippen molar-refractivity contribution < 1.29 is 0 Å². The summed E-state index contributed by atoms with van der Waals surface area (Å²) in [5, 5.41) is 0. The van der Waals surface area contributed by atoms with E-state index in [1.165, 1.54) is 0 Å². The van der Waals surface area contributed by atoms with Crippen molar-refractivity contribution in [1.29, 1.82) is 0 Å². The SMILES string of the molecule is CC(Cc1nc(N)nc(N)n1)Cc1nc(N)nc(N)n1. The van der Waals surface area contributed by atoms with Crippen LogP contribution in [0.4, 0.5) is 23.8 Å². The zero-order valence-electron chi connectivity index (χ0n) is 11.0. The molecule has 2 heterocycles. The Morgan fingerprint density at radius 1 is 0.650 bits per heavy atom. The molecule has 0 aliphatic rings. The lowest BCUT2D eigenvalue weighted by molar-refractivity contribution is 0.542. The van der Waals surface area contributed by atoms with Gasteiger partial charge < -0.3 is 22.9 Å². The van der Waals surface area contributed by atoms with Gasteiger partial charge in [0.1, 0.15) is 11.6 Å². The lowest BCUT2D eigenvalue weighted by Gasteiger charge is -2.10. The molecule has 0 fully saturated rings. The van der Waals surface area contributed by atoms with E-state index < -0.39 is 0 Å². The number of nitrogens with zero attached hydrogens (tertiary/aromatic N) is 6. The maximum atomic E-state index is 5.52. The van der Waals surface area contributed by atoms with E-state index in [0.717, 1.165) is 0 Å². The lowest BCUT2D eigenvalue weighted by Crippen LogP contribution is -2.14. The Kier molecular flexibility index (Phi) is 3.73. The van der Waals surface area contributed by atoms with Crippen molar-refractivity contribution >= 4 is 23.8 Å². The Bertz CT molecular complexity index is 519. The van der Waals surface area contributed by atoms with E-state index in [-0.39, 0.29) is 29.7 Å². The van der Waals surface area contributed by atoms with Gasteiger partial charge in [-0.05, 0) is 5.92 Å². The molecule has 0 amide bonds. The first kappa shape index (κ1) is 13.6. The standard InChI is InChI=1S/C10H16N10/c1-4(2-5-15-7(11)19-8(12)16-5)3-6-17-9(13)20-10(14)18-6/h4H,2-3H2,1H3,(H4,11,12,15,16,19)(H4,13,14,17,18,20). The van der Waals surface area contributed by atoms with E-state index >= 15 is 0 Å². The fourth-order valence-corrected chi connectivity index (χ4v) is 1.79. The minimum Gasteiger partial charge on any atom is -0.368 e. The molecule has 2 aromatic rings. The minimum atomic E-state index is 0.105. The molecular weight excluding hydrogens is 260 g/mol. The van der Waals surface area contributed by atoms with E-state index in [9.17, 15) is 0 Å². The highest BCUT2D eigenvalue weighted by Crippen LogP contribution is 2.11. The monoisotopic (exact) mass is 276 g/mol. The molecule has 0 spiro atoms. The van der Waals surface area contributed by atoms with Gasteiger partial charge in [-0.1, -0.05) is 6.92 Å². The van der Waals surface area contributed by atoms with Gasteiger partial charge in [0.05, 0.1) is 0 Å². The molecule has 20 heavy (non-hydrogen) atoms. The summed E-state index contributed by atoms with van der Waals surface area (Å²) < 4.78 is 0. The third kappa shape index (κ3) is 3.60. The van der Waals surface area contributed by atoms with E-state index in [1.54, 1.807) is 0 Å². The third-order valence-corrected chi connectivity index (χ3v) is 2.49. The molecule has 0 aromatic carbocycles. The summed E-state index contributed by atoms with van der Waals surface area (Å²) in [7, 11) is 0. The first-order chi connectivity index (χ1) is 9.42. The molecule has 0 atom stereocenters. The molecule has 2 aromatic heterocycles. The van der Waals surface area contributed by atoms with Crippen LogP contribution in [0.2, 0.25) is 0 Å². The molecule has 0 unspecified atom stereocenters. The number of hydrogen-bond donors (Lipinski definition) is 4. The predicted molar refractivity (Wildman–Crippen MR) is 73.9 cm³/mol. The van der Waals surface area contributed by atoms with E-state index in [4.69, 9.17) is 22.9 Å². The van der Waals surface area contributed by atoms with Gasteiger partial charge in [-0.25, -0.2) is 0 Å². The molecule has 10 heteroatoms. The topological polar surface area (TPSA) is 181 Å². The van der Waals surface area contributed by atoms with Crippen LogP contribution in [0.5, 0.6) is 0 Å². The van der Waals surface area contributed by atoms with Gasteiger partial charge in [-0.2, -0.15) is 29.9 Å². The second kappa shape index (κ2) is 5.47. The fourth-order valence-electron chi connectivity index (χ4n) is 1.79. The maximum Gasteiger partial charge on any atom is 0.225 e. The number of anilines is 4. The molecule has 0 bridgehead atoms. The van der Waals surface area contributed by atoms with E-state index in [1.807, 2.05) is 6.92 Å². The first-order valence-corrected chi connectivity index (χ1v) is 5.94. The second-order valence-corrected chi connectivity index (χ2v) is 4.45. The van der Waals surface area contributed by atoms with Gasteiger partial charge >= 0.3 is 0 Å². The van der Waals surface area contributed by atoms with Crippen LogP contribution in [0.3, 0.4) is 0 Å². The first-order valence-electron chi connectivity index (χ1n) is 5.94. The summed E-state index contributed by atoms with van der Waals surface area (Å²) in [4.78, 5) is 23.5. The average molecular weight is 276 g/mol. The van der Waals surface area contributed by atoms with Gasteiger partial charge in [0.25, 0.3) is 0 Å². The molecule has 0 radical (unpaired) electrons. The van der Waals surface area contributed by atoms with Crippen molar-refractivity contribution in [2.45, 2.75) is 19.8 Å². The molecule has 8 N–H and O–H groups in total. The maximum absolute atomic E-state index is 5.52. The minimum absolute atomic E-state index is 0.105. The molecule has 0 aliphatic carbocycles. The van der Waals surface area contributed by atoms with Crippen LogP contribution >= 0.6 is 0 Å². The van der Waals surface area contributed by atoms with Crippen LogP contribution in [0.15, 0.2) is 0 Å². The highest BCUT2D eigenvalue weighted by molar-refractivity contribution is 5.27. The Morgan fingerprint density at radius 2 is 0.950 bits per heavy atom. The van der Waals surface area contributed by atoms with Crippen LogP contribution in [0, 0.1) is 5.92 Å². The highest BCUT2D eigenvalue weighted by Gasteiger charge is 2.12. The Labute approximate surface area is 115 Å². The number of rotatable bonds is 4. The lowest BCUT2D eigenvalue weighted by atomic mass is 10.0. The number of nitrogen functional groups attached to an aromatic ring is 4. The summed E-state index contributed by atoms with van der Waals surface area (Å²) in [6.45, 7) is 1.99. The van der Waals surface area contributed by atoms with Crippen LogP contribution in [-0.2, 0) is 12.8 Å².